The van der Waals surface area contributed by atoms with Gasteiger partial charge < -0.3 is 4.74 Å². The largest absolute Gasteiger partial charge is 0.444 e. The lowest BCUT2D eigenvalue weighted by Gasteiger charge is -2.38. The molecule has 0 bridgehead atoms. The molecule has 6 aromatic carbocycles. The Morgan fingerprint density at radius 3 is 0.893 bits per heavy atom. The van der Waals surface area contributed by atoms with Gasteiger partial charge in [0.1, 0.15) is 10.8 Å². The molecule has 0 spiro atoms. The van der Waals surface area contributed by atoms with Crippen LogP contribution in [0.25, 0.3) is 22.3 Å². The maximum absolute atomic E-state index is 16.4. The molecule has 0 fully saturated rings. The summed E-state index contributed by atoms with van der Waals surface area (Å²) in [5, 5.41) is -0.600. The number of allylic oxidation sites excluding steroid dienone is 8. The predicted octanol–water partition coefficient (Wildman–Crippen LogP) is 17.1. The Kier molecular flexibility index (Phi) is 14.6. The Hall–Kier alpha value is -7.14. The molecule has 0 aliphatic heterocycles. The molecular formula is C52H24F18O3S2. The lowest BCUT2D eigenvalue weighted by Crippen LogP contribution is -2.44. The van der Waals surface area contributed by atoms with Crippen LogP contribution in [0.1, 0.15) is 36.1 Å². The Morgan fingerprint density at radius 2 is 0.640 bits per heavy atom. The van der Waals surface area contributed by atoms with E-state index in [1.54, 1.807) is 0 Å². The van der Waals surface area contributed by atoms with Crippen molar-refractivity contribution in [1.82, 2.24) is 0 Å². The first-order chi connectivity index (χ1) is 35.3. The number of alkyl halides is 2. The van der Waals surface area contributed by atoms with Gasteiger partial charge in [0, 0.05) is 23.6 Å². The minimum atomic E-state index is -4.40. The molecule has 4 atom stereocenters. The molecule has 0 radical (unpaired) electrons. The highest BCUT2D eigenvalue weighted by atomic mass is 32.2. The summed E-state index contributed by atoms with van der Waals surface area (Å²) in [6.45, 7) is 2.53. The van der Waals surface area contributed by atoms with Crippen molar-refractivity contribution < 1.29 is 93.4 Å². The average molecular weight is 1100 g/mol. The molecule has 0 saturated heterocycles. The van der Waals surface area contributed by atoms with Gasteiger partial charge in [0.25, 0.3) is 0 Å². The number of carbonyl (C=O) groups is 2. The molecule has 388 valence electrons. The van der Waals surface area contributed by atoms with Gasteiger partial charge in [0.15, 0.2) is 92.5 Å². The topological polar surface area (TPSA) is 43.4 Å². The quantitative estimate of drug-likeness (QED) is 0.0777. The summed E-state index contributed by atoms with van der Waals surface area (Å²) < 4.78 is 290. The molecule has 2 aliphatic carbocycles. The Morgan fingerprint density at radius 1 is 0.387 bits per heavy atom. The molecule has 0 heterocycles. The number of hydrogen-bond donors (Lipinski definition) is 0. The highest BCUT2D eigenvalue weighted by molar-refractivity contribution is 8.13. The fourth-order valence-electron chi connectivity index (χ4n) is 8.69. The molecule has 0 saturated carbocycles. The van der Waals surface area contributed by atoms with Gasteiger partial charge in [-0.15, -0.1) is 0 Å². The molecule has 0 aromatic heterocycles. The second kappa shape index (κ2) is 20.2. The van der Waals surface area contributed by atoms with E-state index in [0.717, 1.165) is 47.8 Å². The third-order valence-electron chi connectivity index (χ3n) is 12.1. The molecular weight excluding hydrogens is 1080 g/mol. The van der Waals surface area contributed by atoms with E-state index in [0.29, 0.717) is 34.1 Å². The molecule has 75 heavy (non-hydrogen) atoms. The number of thioether (sulfide) groups is 2. The van der Waals surface area contributed by atoms with Gasteiger partial charge in [0.05, 0.1) is 11.1 Å². The minimum Gasteiger partial charge on any atom is -0.444 e. The molecule has 0 amide bonds. The second-order valence-corrected chi connectivity index (χ2v) is 18.8. The Balaban J connectivity index is 1.26. The Bertz CT molecular complexity index is 3220. The van der Waals surface area contributed by atoms with E-state index >= 15 is 70.2 Å². The number of ether oxygens (including phenoxy) is 1. The molecule has 4 unspecified atom stereocenters. The van der Waals surface area contributed by atoms with Crippen LogP contribution in [0.5, 0.6) is 11.5 Å². The summed E-state index contributed by atoms with van der Waals surface area (Å²) in [7, 11) is 0. The first-order valence-electron chi connectivity index (χ1n) is 21.0. The zero-order valence-corrected chi connectivity index (χ0v) is 38.9. The minimum absolute atomic E-state index is 0.0829. The molecule has 23 heteroatoms. The average Bonchev–Trinajstić information content (AvgIpc) is 3.39. The second-order valence-electron chi connectivity index (χ2n) is 16.3. The van der Waals surface area contributed by atoms with Crippen molar-refractivity contribution in [3.8, 4) is 33.8 Å². The predicted molar refractivity (Wildman–Crippen MR) is 238 cm³/mol. The van der Waals surface area contributed by atoms with Gasteiger partial charge in [-0.1, -0.05) is 96.3 Å². The monoisotopic (exact) mass is 1100 g/mol. The SMILES string of the molecule is CC(=O)Sc1ccc(-c2ccc(C3(c4c(F)c(F)c(Oc5c(F)c(F)c(C6(c7ccc(-c8ccc(SC(C)=O)cc8)cc7)C(F)=C(F)C(F)=C(F)C6F)c(F)c5F)c(F)c4F)C(F)=C(F)C(F)=C(F)C3F)cc2)cc1. The van der Waals surface area contributed by atoms with E-state index in [2.05, 4.69) is 4.74 Å². The summed E-state index contributed by atoms with van der Waals surface area (Å²) in [4.78, 5) is 23.8. The summed E-state index contributed by atoms with van der Waals surface area (Å²) in [5.41, 5.74) is -15.9. The highest BCUT2D eigenvalue weighted by Gasteiger charge is 2.61. The van der Waals surface area contributed by atoms with Gasteiger partial charge in [-0.05, 0) is 57.6 Å². The molecule has 3 nitrogen and oxygen atoms in total. The number of carbonyl (C=O) groups excluding carboxylic acids is 2. The first kappa shape index (κ1) is 54.1. The van der Waals surface area contributed by atoms with E-state index in [1.165, 1.54) is 62.4 Å². The summed E-state index contributed by atoms with van der Waals surface area (Å²) in [6, 6.07) is 17.3. The van der Waals surface area contributed by atoms with Crippen molar-refractivity contribution in [2.24, 2.45) is 0 Å². The van der Waals surface area contributed by atoms with Crippen LogP contribution in [0.4, 0.5) is 79.0 Å². The normalized spacial score (nSPS) is 20.1. The van der Waals surface area contributed by atoms with Crippen LogP contribution in [0, 0.1) is 46.5 Å². The lowest BCUT2D eigenvalue weighted by molar-refractivity contribution is -0.109. The molecule has 8 rings (SSSR count). The summed E-state index contributed by atoms with van der Waals surface area (Å²) in [5.74, 6) is -53.9. The first-order valence-corrected chi connectivity index (χ1v) is 22.7. The zero-order valence-electron chi connectivity index (χ0n) is 37.2. The number of halogens is 18. The molecule has 6 aromatic rings. The van der Waals surface area contributed by atoms with E-state index in [1.807, 2.05) is 0 Å². The van der Waals surface area contributed by atoms with E-state index in [4.69, 9.17) is 0 Å². The third kappa shape index (κ3) is 8.60. The van der Waals surface area contributed by atoms with Crippen molar-refractivity contribution in [3.63, 3.8) is 0 Å². The Labute approximate surface area is 418 Å². The molecule has 2 aliphatic rings. The maximum atomic E-state index is 16.4. The summed E-state index contributed by atoms with van der Waals surface area (Å²) in [6.07, 6.45) is -8.27. The van der Waals surface area contributed by atoms with Crippen molar-refractivity contribution >= 4 is 33.8 Å². The maximum Gasteiger partial charge on any atom is 0.205 e. The van der Waals surface area contributed by atoms with Crippen molar-refractivity contribution in [2.75, 3.05) is 0 Å². The standard InChI is InChI=1S/C52H24F18O3S2/c1-19(71)74-27-15-7-23(8-16-27)21-3-11-25(12-4-21)51(47(67)41(63)35(57)42(64)48(51)68)29-31(53)37(59)45(38(60)32(29)54)73-46-39(61)33(55)30(34(56)40(46)62)52(49(69)43(65)36(58)44(66)50(52)70)26-13-5-22(6-14-26)24-9-17-28(18-10-24)75-20(2)72/h3-18,47,49H,1-2H3. The van der Waals surface area contributed by atoms with Gasteiger partial charge >= 0.3 is 0 Å². The van der Waals surface area contributed by atoms with Crippen molar-refractivity contribution in [2.45, 2.75) is 46.8 Å². The van der Waals surface area contributed by atoms with Crippen LogP contribution in [0.2, 0.25) is 0 Å². The lowest BCUT2D eigenvalue weighted by atomic mass is 9.66. The van der Waals surface area contributed by atoms with Gasteiger partial charge in [-0.3, -0.25) is 9.59 Å². The molecule has 0 N–H and O–H groups in total. The summed E-state index contributed by atoms with van der Waals surface area (Å²) >= 11 is 1.65. The van der Waals surface area contributed by atoms with Crippen LogP contribution >= 0.6 is 23.5 Å². The van der Waals surface area contributed by atoms with E-state index in [9.17, 15) is 18.4 Å². The van der Waals surface area contributed by atoms with Crippen LogP contribution in [-0.2, 0) is 20.4 Å². The van der Waals surface area contributed by atoms with Crippen LogP contribution in [0.3, 0.4) is 0 Å². The van der Waals surface area contributed by atoms with Gasteiger partial charge in [-0.2, -0.15) is 17.6 Å². The van der Waals surface area contributed by atoms with Crippen LogP contribution < -0.4 is 4.74 Å². The zero-order chi connectivity index (χ0) is 54.9. The third-order valence-corrected chi connectivity index (χ3v) is 13.7. The van der Waals surface area contributed by atoms with Gasteiger partial charge in [-0.25, -0.2) is 61.5 Å². The smallest absolute Gasteiger partial charge is 0.205 e. The van der Waals surface area contributed by atoms with Crippen LogP contribution in [0.15, 0.2) is 153 Å². The van der Waals surface area contributed by atoms with E-state index < -0.39 is 150 Å². The number of rotatable bonds is 10. The van der Waals surface area contributed by atoms with Crippen molar-refractivity contribution in [1.29, 1.82) is 0 Å². The fourth-order valence-corrected chi connectivity index (χ4v) is 9.90. The fraction of sp³-hybridized carbons (Fsp3) is 0.115. The number of hydrogen-bond acceptors (Lipinski definition) is 5. The van der Waals surface area contributed by atoms with Gasteiger partial charge in [0.2, 0.25) is 34.8 Å². The van der Waals surface area contributed by atoms with E-state index in [-0.39, 0.29) is 32.5 Å². The van der Waals surface area contributed by atoms with Crippen LogP contribution in [-0.4, -0.2) is 22.6 Å². The van der Waals surface area contributed by atoms with Crippen molar-refractivity contribution in [3.05, 3.63) is 212 Å². The highest BCUT2D eigenvalue weighted by Crippen LogP contribution is 2.58. The number of benzene rings is 6.